The number of nitriles is 1. The molecule has 0 aliphatic carbocycles. The number of nitrogens with zero attached hydrogens (tertiary/aromatic N) is 2. The van der Waals surface area contributed by atoms with Gasteiger partial charge in [0.1, 0.15) is 11.8 Å². The van der Waals surface area contributed by atoms with Crippen molar-refractivity contribution < 1.29 is 8.42 Å². The lowest BCUT2D eigenvalue weighted by Gasteiger charge is -2.06. The van der Waals surface area contributed by atoms with Crippen LogP contribution in [0.5, 0.6) is 0 Å². The van der Waals surface area contributed by atoms with Gasteiger partial charge in [0.05, 0.1) is 4.90 Å². The van der Waals surface area contributed by atoms with E-state index in [0.29, 0.717) is 12.2 Å². The number of sulfone groups is 1. The van der Waals surface area contributed by atoms with E-state index in [1.54, 1.807) is 28.8 Å². The summed E-state index contributed by atoms with van der Waals surface area (Å²) in [6, 6.07) is 10.6. The molecule has 2 rings (SSSR count). The van der Waals surface area contributed by atoms with Crippen LogP contribution in [0.25, 0.3) is 0 Å². The second-order valence-electron chi connectivity index (χ2n) is 4.61. The monoisotopic (exact) mass is 289 g/mol. The summed E-state index contributed by atoms with van der Waals surface area (Å²) in [6.07, 6.45) is 3.05. The first-order valence-electron chi connectivity index (χ1n) is 5.99. The molecule has 2 aromatic rings. The van der Waals surface area contributed by atoms with Gasteiger partial charge in [-0.15, -0.1) is 0 Å². The maximum absolute atomic E-state index is 11.5. The highest BCUT2D eigenvalue weighted by Gasteiger charge is 2.07. The van der Waals surface area contributed by atoms with Gasteiger partial charge in [0.15, 0.2) is 9.84 Å². The third-order valence-electron chi connectivity index (χ3n) is 2.93. The van der Waals surface area contributed by atoms with Gasteiger partial charge in [-0.05, 0) is 29.8 Å². The number of rotatable bonds is 4. The summed E-state index contributed by atoms with van der Waals surface area (Å²) in [5.74, 6) is 0. The SMILES string of the molecule is Cn1cc(CNc2cccc(S(C)(=O)=O)c2)cc1C#N. The van der Waals surface area contributed by atoms with Crippen LogP contribution in [0.3, 0.4) is 0 Å². The van der Waals surface area contributed by atoms with Crippen molar-refractivity contribution in [2.24, 2.45) is 7.05 Å². The summed E-state index contributed by atoms with van der Waals surface area (Å²) >= 11 is 0. The van der Waals surface area contributed by atoms with Gasteiger partial charge < -0.3 is 9.88 Å². The molecule has 5 nitrogen and oxygen atoms in total. The molecule has 6 heteroatoms. The van der Waals surface area contributed by atoms with Crippen molar-refractivity contribution >= 4 is 15.5 Å². The Kier molecular flexibility index (Phi) is 3.81. The van der Waals surface area contributed by atoms with Gasteiger partial charge >= 0.3 is 0 Å². The second kappa shape index (κ2) is 5.39. The van der Waals surface area contributed by atoms with Crippen molar-refractivity contribution in [2.45, 2.75) is 11.4 Å². The predicted octanol–water partition coefficient (Wildman–Crippen LogP) is 1.91. The lowest BCUT2D eigenvalue weighted by Crippen LogP contribution is -2.01. The minimum Gasteiger partial charge on any atom is -0.381 e. The molecule has 0 fully saturated rings. The maximum atomic E-state index is 11.5. The molecule has 1 N–H and O–H groups in total. The number of nitrogens with one attached hydrogen (secondary N) is 1. The third-order valence-corrected chi connectivity index (χ3v) is 4.05. The van der Waals surface area contributed by atoms with Crippen molar-refractivity contribution in [1.29, 1.82) is 5.26 Å². The topological polar surface area (TPSA) is 74.9 Å². The molecule has 0 aliphatic rings. The van der Waals surface area contributed by atoms with Crippen molar-refractivity contribution in [1.82, 2.24) is 4.57 Å². The standard InChI is InChI=1S/C14H15N3O2S/c1-17-10-11(6-13(17)8-15)9-16-12-4-3-5-14(7-12)20(2,18)19/h3-7,10,16H,9H2,1-2H3. The average molecular weight is 289 g/mol. The molecule has 0 bridgehead atoms. The smallest absolute Gasteiger partial charge is 0.175 e. The maximum Gasteiger partial charge on any atom is 0.175 e. The molecule has 0 radical (unpaired) electrons. The minimum atomic E-state index is -3.20. The Bertz CT molecular complexity index is 770. The zero-order valence-electron chi connectivity index (χ0n) is 11.3. The largest absolute Gasteiger partial charge is 0.381 e. The van der Waals surface area contributed by atoms with Crippen LogP contribution in [-0.2, 0) is 23.4 Å². The van der Waals surface area contributed by atoms with Crippen molar-refractivity contribution in [2.75, 3.05) is 11.6 Å². The van der Waals surface area contributed by atoms with E-state index in [9.17, 15) is 8.42 Å². The number of benzene rings is 1. The van der Waals surface area contributed by atoms with E-state index < -0.39 is 9.84 Å². The molecule has 0 aliphatic heterocycles. The van der Waals surface area contributed by atoms with Crippen LogP contribution in [0, 0.1) is 11.3 Å². The fraction of sp³-hybridized carbons (Fsp3) is 0.214. The van der Waals surface area contributed by atoms with Gasteiger partial charge in [-0.3, -0.25) is 0 Å². The van der Waals surface area contributed by atoms with Crippen LogP contribution < -0.4 is 5.32 Å². The number of aromatic nitrogens is 1. The molecule has 1 heterocycles. The molecule has 0 unspecified atom stereocenters. The first-order chi connectivity index (χ1) is 9.40. The van der Waals surface area contributed by atoms with E-state index >= 15 is 0 Å². The minimum absolute atomic E-state index is 0.285. The highest BCUT2D eigenvalue weighted by molar-refractivity contribution is 7.90. The van der Waals surface area contributed by atoms with Crippen molar-refractivity contribution in [3.8, 4) is 6.07 Å². The summed E-state index contributed by atoms with van der Waals surface area (Å²) in [7, 11) is -1.39. The first kappa shape index (κ1) is 14.2. The predicted molar refractivity (Wildman–Crippen MR) is 77.0 cm³/mol. The summed E-state index contributed by atoms with van der Waals surface area (Å²) in [5, 5.41) is 12.0. The van der Waals surface area contributed by atoms with Crippen LogP contribution in [0.1, 0.15) is 11.3 Å². The molecule has 0 saturated carbocycles. The van der Waals surface area contributed by atoms with Gasteiger partial charge in [-0.25, -0.2) is 8.42 Å². The van der Waals surface area contributed by atoms with E-state index in [-0.39, 0.29) is 4.90 Å². The molecule has 0 amide bonds. The average Bonchev–Trinajstić information content (AvgIpc) is 2.76. The van der Waals surface area contributed by atoms with Crippen molar-refractivity contribution in [3.63, 3.8) is 0 Å². The lowest BCUT2D eigenvalue weighted by molar-refractivity contribution is 0.602. The van der Waals surface area contributed by atoms with Crippen LogP contribution >= 0.6 is 0 Å². The van der Waals surface area contributed by atoms with Crippen LogP contribution in [0.15, 0.2) is 41.4 Å². The molecule has 1 aromatic heterocycles. The Morgan fingerprint density at radius 3 is 2.70 bits per heavy atom. The molecular weight excluding hydrogens is 274 g/mol. The van der Waals surface area contributed by atoms with Crippen molar-refractivity contribution in [3.05, 3.63) is 47.8 Å². The van der Waals surface area contributed by atoms with E-state index in [1.807, 2.05) is 19.3 Å². The molecule has 0 spiro atoms. The normalized spacial score (nSPS) is 11.1. The fourth-order valence-electron chi connectivity index (χ4n) is 1.88. The Hall–Kier alpha value is -2.26. The zero-order valence-corrected chi connectivity index (χ0v) is 12.1. The van der Waals surface area contributed by atoms with E-state index in [4.69, 9.17) is 5.26 Å². The number of aryl methyl sites for hydroxylation is 1. The van der Waals surface area contributed by atoms with Crippen LogP contribution in [0.2, 0.25) is 0 Å². The van der Waals surface area contributed by atoms with Crippen LogP contribution in [0.4, 0.5) is 5.69 Å². The number of hydrogen-bond donors (Lipinski definition) is 1. The van der Waals surface area contributed by atoms with Gasteiger partial charge in [0, 0.05) is 31.7 Å². The number of anilines is 1. The van der Waals surface area contributed by atoms with Gasteiger partial charge in [-0.1, -0.05) is 6.07 Å². The van der Waals surface area contributed by atoms with Gasteiger partial charge in [0.2, 0.25) is 0 Å². The van der Waals surface area contributed by atoms with E-state index in [1.165, 1.54) is 6.26 Å². The summed E-state index contributed by atoms with van der Waals surface area (Å²) in [5.41, 5.74) is 2.29. The third kappa shape index (κ3) is 3.19. The Morgan fingerprint density at radius 2 is 2.10 bits per heavy atom. The first-order valence-corrected chi connectivity index (χ1v) is 7.88. The highest BCUT2D eigenvalue weighted by atomic mass is 32.2. The molecule has 1 aromatic carbocycles. The fourth-order valence-corrected chi connectivity index (χ4v) is 2.55. The van der Waals surface area contributed by atoms with Crippen LogP contribution in [-0.4, -0.2) is 19.2 Å². The summed E-state index contributed by atoms with van der Waals surface area (Å²) in [4.78, 5) is 0.285. The Morgan fingerprint density at radius 1 is 1.35 bits per heavy atom. The summed E-state index contributed by atoms with van der Waals surface area (Å²) in [6.45, 7) is 0.530. The zero-order chi connectivity index (χ0) is 14.8. The van der Waals surface area contributed by atoms with Gasteiger partial charge in [-0.2, -0.15) is 5.26 Å². The quantitative estimate of drug-likeness (QED) is 0.933. The molecular formula is C14H15N3O2S. The second-order valence-corrected chi connectivity index (χ2v) is 6.63. The Balaban J connectivity index is 2.13. The molecule has 20 heavy (non-hydrogen) atoms. The molecule has 0 saturated heterocycles. The highest BCUT2D eigenvalue weighted by Crippen LogP contribution is 2.16. The van der Waals surface area contributed by atoms with E-state index in [0.717, 1.165) is 11.3 Å². The molecule has 104 valence electrons. The lowest BCUT2D eigenvalue weighted by atomic mass is 10.3. The Labute approximate surface area is 118 Å². The summed E-state index contributed by atoms with van der Waals surface area (Å²) < 4.78 is 24.7. The van der Waals surface area contributed by atoms with Gasteiger partial charge in [0.25, 0.3) is 0 Å². The van der Waals surface area contributed by atoms with E-state index in [2.05, 4.69) is 11.4 Å². The number of hydrogen-bond acceptors (Lipinski definition) is 4. The molecule has 0 atom stereocenters.